The molecule has 6 nitrogen and oxygen atoms in total. The van der Waals surface area contributed by atoms with E-state index in [2.05, 4.69) is 0 Å². The van der Waals surface area contributed by atoms with Crippen molar-refractivity contribution in [2.75, 3.05) is 20.2 Å². The van der Waals surface area contributed by atoms with E-state index in [1.165, 1.54) is 18.9 Å². The van der Waals surface area contributed by atoms with Crippen LogP contribution >= 0.6 is 0 Å². The van der Waals surface area contributed by atoms with Gasteiger partial charge in [-0.2, -0.15) is 5.26 Å². The lowest BCUT2D eigenvalue weighted by molar-refractivity contribution is -0.152. The van der Waals surface area contributed by atoms with E-state index in [4.69, 9.17) is 15.1 Å². The second kappa shape index (κ2) is 6.79. The second-order valence-corrected chi connectivity index (χ2v) is 3.01. The maximum Gasteiger partial charge on any atom is 0.332 e. The molecule has 0 aromatic heterocycles. The molecule has 1 N–H and O–H groups in total. The fourth-order valence-corrected chi connectivity index (χ4v) is 0.720. The van der Waals surface area contributed by atoms with Crippen LogP contribution in [0.25, 0.3) is 0 Å². The minimum absolute atomic E-state index is 0.247. The molecule has 1 amide bonds. The van der Waals surface area contributed by atoms with Crippen molar-refractivity contribution in [3.63, 3.8) is 0 Å². The number of carbonyl (C=O) groups is 2. The van der Waals surface area contributed by atoms with Gasteiger partial charge in [-0.15, -0.1) is 0 Å². The topological polar surface area (TPSA) is 90.6 Å². The highest BCUT2D eigenvalue weighted by Gasteiger charge is 2.15. The highest BCUT2D eigenvalue weighted by Crippen LogP contribution is 1.94. The quantitative estimate of drug-likeness (QED) is 0.663. The van der Waals surface area contributed by atoms with Crippen molar-refractivity contribution in [1.29, 1.82) is 5.26 Å². The number of carbonyl (C=O) groups excluding carboxylic acids is 1. The smallest absolute Gasteiger partial charge is 0.332 e. The first-order valence-corrected chi connectivity index (χ1v) is 4.44. The maximum atomic E-state index is 11.3. The van der Waals surface area contributed by atoms with Crippen LogP contribution in [0, 0.1) is 11.3 Å². The molecule has 0 saturated carbocycles. The first-order valence-electron chi connectivity index (χ1n) is 4.44. The van der Waals surface area contributed by atoms with Gasteiger partial charge in [-0.25, -0.2) is 4.79 Å². The van der Waals surface area contributed by atoms with Gasteiger partial charge in [-0.05, 0) is 6.92 Å². The van der Waals surface area contributed by atoms with Gasteiger partial charge >= 0.3 is 5.97 Å². The maximum absolute atomic E-state index is 11.3. The summed E-state index contributed by atoms with van der Waals surface area (Å²) in [6.45, 7) is 1.39. The number of aliphatic carboxylic acids is 1. The third-order valence-electron chi connectivity index (χ3n) is 1.79. The van der Waals surface area contributed by atoms with Gasteiger partial charge in [-0.3, -0.25) is 4.79 Å². The lowest BCUT2D eigenvalue weighted by atomic mass is 10.4. The first kappa shape index (κ1) is 13.4. The number of rotatable bonds is 6. The van der Waals surface area contributed by atoms with Crippen molar-refractivity contribution < 1.29 is 19.4 Å². The Morgan fingerprint density at radius 3 is 2.67 bits per heavy atom. The van der Waals surface area contributed by atoms with Gasteiger partial charge in [-0.1, -0.05) is 0 Å². The molecule has 0 aliphatic carbocycles. The number of likely N-dealkylation sites (N-methyl/N-ethyl adjacent to an activating group) is 1. The van der Waals surface area contributed by atoms with E-state index >= 15 is 0 Å². The standard InChI is InChI=1S/C9H14N2O4/c1-7(9(13)14)15-6-8(12)11(2)5-3-4-10/h7H,3,5-6H2,1-2H3,(H,13,14)/t7-/m1/s1. The summed E-state index contributed by atoms with van der Waals surface area (Å²) in [6.07, 6.45) is -0.755. The molecule has 0 aromatic rings. The molecular weight excluding hydrogens is 200 g/mol. The summed E-state index contributed by atoms with van der Waals surface area (Å²) in [5, 5.41) is 16.8. The summed E-state index contributed by atoms with van der Waals surface area (Å²) >= 11 is 0. The lowest BCUT2D eigenvalue weighted by Gasteiger charge is -2.16. The number of carboxylic acid groups (broad SMARTS) is 1. The highest BCUT2D eigenvalue weighted by atomic mass is 16.5. The number of ether oxygens (including phenoxy) is 1. The number of nitrogens with zero attached hydrogens (tertiary/aromatic N) is 2. The Morgan fingerprint density at radius 2 is 2.20 bits per heavy atom. The Morgan fingerprint density at radius 1 is 1.60 bits per heavy atom. The van der Waals surface area contributed by atoms with E-state index < -0.39 is 12.1 Å². The summed E-state index contributed by atoms with van der Waals surface area (Å²) in [7, 11) is 1.54. The molecule has 1 atom stereocenters. The SMILES string of the molecule is C[C@@H](OCC(=O)N(C)CCC#N)C(=O)O. The van der Waals surface area contributed by atoms with Crippen molar-refractivity contribution in [3.8, 4) is 6.07 Å². The number of carboxylic acids is 1. The minimum Gasteiger partial charge on any atom is -0.479 e. The Hall–Kier alpha value is -1.61. The van der Waals surface area contributed by atoms with Crippen molar-refractivity contribution in [3.05, 3.63) is 0 Å². The van der Waals surface area contributed by atoms with Crippen LogP contribution in [0.15, 0.2) is 0 Å². The molecule has 0 radical (unpaired) electrons. The summed E-state index contributed by atoms with van der Waals surface area (Å²) in [5.41, 5.74) is 0. The molecule has 0 aliphatic heterocycles. The summed E-state index contributed by atoms with van der Waals surface area (Å²) < 4.78 is 4.79. The van der Waals surface area contributed by atoms with Gasteiger partial charge in [0.15, 0.2) is 6.10 Å². The zero-order valence-electron chi connectivity index (χ0n) is 8.77. The van der Waals surface area contributed by atoms with Gasteiger partial charge in [0.25, 0.3) is 0 Å². The second-order valence-electron chi connectivity index (χ2n) is 3.01. The summed E-state index contributed by atoms with van der Waals surface area (Å²) in [4.78, 5) is 23.0. The van der Waals surface area contributed by atoms with Gasteiger partial charge < -0.3 is 14.7 Å². The molecule has 0 unspecified atom stereocenters. The zero-order chi connectivity index (χ0) is 11.8. The van der Waals surface area contributed by atoms with Crippen LogP contribution in [0.1, 0.15) is 13.3 Å². The molecular formula is C9H14N2O4. The normalized spacial score (nSPS) is 11.5. The van der Waals surface area contributed by atoms with E-state index in [0.717, 1.165) is 0 Å². The Labute approximate surface area is 88.0 Å². The Bertz CT molecular complexity index is 272. The van der Waals surface area contributed by atoms with E-state index in [1.54, 1.807) is 0 Å². The molecule has 0 spiro atoms. The van der Waals surface area contributed by atoms with Crippen molar-refractivity contribution in [2.45, 2.75) is 19.4 Å². The van der Waals surface area contributed by atoms with Gasteiger partial charge in [0, 0.05) is 13.6 Å². The summed E-state index contributed by atoms with van der Waals surface area (Å²) in [6, 6.07) is 1.91. The molecule has 0 fully saturated rings. The van der Waals surface area contributed by atoms with E-state index in [0.29, 0.717) is 6.54 Å². The molecule has 0 bridgehead atoms. The predicted molar refractivity (Wildman–Crippen MR) is 50.9 cm³/mol. The fourth-order valence-electron chi connectivity index (χ4n) is 0.720. The number of amides is 1. The minimum atomic E-state index is -1.11. The van der Waals surface area contributed by atoms with E-state index in [9.17, 15) is 9.59 Å². The number of hydrogen-bond donors (Lipinski definition) is 1. The van der Waals surface area contributed by atoms with Crippen LogP contribution < -0.4 is 0 Å². The van der Waals surface area contributed by atoms with Crippen molar-refractivity contribution in [1.82, 2.24) is 4.90 Å². The van der Waals surface area contributed by atoms with E-state index in [-0.39, 0.29) is 18.9 Å². The molecule has 6 heteroatoms. The molecule has 15 heavy (non-hydrogen) atoms. The van der Waals surface area contributed by atoms with Crippen LogP contribution in [-0.4, -0.2) is 48.2 Å². The highest BCUT2D eigenvalue weighted by molar-refractivity contribution is 5.78. The molecule has 0 aromatic carbocycles. The monoisotopic (exact) mass is 214 g/mol. The lowest BCUT2D eigenvalue weighted by Crippen LogP contribution is -2.33. The van der Waals surface area contributed by atoms with E-state index in [1.807, 2.05) is 6.07 Å². The molecule has 84 valence electrons. The predicted octanol–water partition coefficient (Wildman–Crippen LogP) is -0.152. The largest absolute Gasteiger partial charge is 0.479 e. The van der Waals surface area contributed by atoms with Crippen molar-refractivity contribution in [2.24, 2.45) is 0 Å². The Balaban J connectivity index is 3.83. The average Bonchev–Trinajstić information content (AvgIpc) is 2.21. The zero-order valence-corrected chi connectivity index (χ0v) is 8.77. The van der Waals surface area contributed by atoms with Gasteiger partial charge in [0.1, 0.15) is 6.61 Å². The molecule has 0 rings (SSSR count). The van der Waals surface area contributed by atoms with Gasteiger partial charge in [0.2, 0.25) is 5.91 Å². The first-order chi connectivity index (χ1) is 6.99. The average molecular weight is 214 g/mol. The van der Waals surface area contributed by atoms with Crippen LogP contribution in [0.5, 0.6) is 0 Å². The molecule has 0 aliphatic rings. The third kappa shape index (κ3) is 5.65. The number of hydrogen-bond acceptors (Lipinski definition) is 4. The van der Waals surface area contributed by atoms with Crippen LogP contribution in [0.3, 0.4) is 0 Å². The van der Waals surface area contributed by atoms with Crippen LogP contribution in [0.2, 0.25) is 0 Å². The van der Waals surface area contributed by atoms with Crippen LogP contribution in [0.4, 0.5) is 0 Å². The fraction of sp³-hybridized carbons (Fsp3) is 0.667. The Kier molecular flexibility index (Phi) is 6.06. The van der Waals surface area contributed by atoms with Gasteiger partial charge in [0.05, 0.1) is 12.5 Å². The van der Waals surface area contributed by atoms with Crippen molar-refractivity contribution >= 4 is 11.9 Å². The third-order valence-corrected chi connectivity index (χ3v) is 1.79. The number of nitriles is 1. The molecule has 0 heterocycles. The molecule has 0 saturated heterocycles. The summed E-state index contributed by atoms with van der Waals surface area (Å²) in [5.74, 6) is -1.44. The van der Waals surface area contributed by atoms with Crippen LogP contribution in [-0.2, 0) is 14.3 Å².